The van der Waals surface area contributed by atoms with E-state index in [9.17, 15) is 0 Å². The van der Waals surface area contributed by atoms with Gasteiger partial charge in [-0.3, -0.25) is 0 Å². The largest absolute Gasteiger partial charge is 0.369 e. The van der Waals surface area contributed by atoms with Crippen molar-refractivity contribution in [2.24, 2.45) is 5.73 Å². The summed E-state index contributed by atoms with van der Waals surface area (Å²) in [5, 5.41) is 0. The third kappa shape index (κ3) is 2.25. The Balaban J connectivity index is 2.40. The number of nitrogens with zero attached hydrogens (tertiary/aromatic N) is 1. The molecule has 3 heteroatoms. The summed E-state index contributed by atoms with van der Waals surface area (Å²) >= 11 is 3.54. The van der Waals surface area contributed by atoms with E-state index < -0.39 is 0 Å². The lowest BCUT2D eigenvalue weighted by molar-refractivity contribution is 0.722. The van der Waals surface area contributed by atoms with E-state index in [1.165, 1.54) is 24.1 Å². The number of benzene rings is 1. The van der Waals surface area contributed by atoms with Crippen LogP contribution in [0.2, 0.25) is 0 Å². The molecule has 1 aromatic carbocycles. The van der Waals surface area contributed by atoms with E-state index in [0.29, 0.717) is 6.04 Å². The molecule has 0 aromatic heterocycles. The van der Waals surface area contributed by atoms with Gasteiger partial charge in [0.1, 0.15) is 0 Å². The summed E-state index contributed by atoms with van der Waals surface area (Å²) in [6, 6.07) is 7.13. The zero-order valence-electron chi connectivity index (χ0n) is 9.91. The minimum absolute atomic E-state index is 0.0934. The average Bonchev–Trinajstić information content (AvgIpc) is 2.63. The molecule has 2 unspecified atom stereocenters. The maximum absolute atomic E-state index is 6.04. The van der Waals surface area contributed by atoms with Gasteiger partial charge in [0, 0.05) is 28.8 Å². The van der Waals surface area contributed by atoms with Crippen molar-refractivity contribution in [3.05, 3.63) is 28.2 Å². The SMILES string of the molecule is CC(N)c1ccc(Br)cc1N1CCCC1C. The van der Waals surface area contributed by atoms with E-state index >= 15 is 0 Å². The molecule has 0 saturated carbocycles. The molecule has 1 fully saturated rings. The van der Waals surface area contributed by atoms with Gasteiger partial charge < -0.3 is 10.6 Å². The van der Waals surface area contributed by atoms with Crippen molar-refractivity contribution in [3.8, 4) is 0 Å². The molecular formula is C13H19BrN2. The van der Waals surface area contributed by atoms with Crippen LogP contribution in [0.15, 0.2) is 22.7 Å². The number of anilines is 1. The molecule has 2 nitrogen and oxygen atoms in total. The summed E-state index contributed by atoms with van der Waals surface area (Å²) in [6.45, 7) is 5.49. The van der Waals surface area contributed by atoms with Crippen LogP contribution >= 0.6 is 15.9 Å². The minimum atomic E-state index is 0.0934. The lowest BCUT2D eigenvalue weighted by Crippen LogP contribution is -2.28. The maximum Gasteiger partial charge on any atom is 0.0428 e. The quantitative estimate of drug-likeness (QED) is 0.900. The van der Waals surface area contributed by atoms with Gasteiger partial charge in [-0.05, 0) is 44.4 Å². The van der Waals surface area contributed by atoms with E-state index in [2.05, 4.69) is 46.0 Å². The highest BCUT2D eigenvalue weighted by molar-refractivity contribution is 9.10. The summed E-state index contributed by atoms with van der Waals surface area (Å²) in [5.74, 6) is 0. The Morgan fingerprint density at radius 3 is 2.81 bits per heavy atom. The summed E-state index contributed by atoms with van der Waals surface area (Å²) in [4.78, 5) is 2.48. The molecule has 2 atom stereocenters. The van der Waals surface area contributed by atoms with Crippen molar-refractivity contribution in [3.63, 3.8) is 0 Å². The summed E-state index contributed by atoms with van der Waals surface area (Å²) in [5.41, 5.74) is 8.58. The van der Waals surface area contributed by atoms with Crippen LogP contribution in [0.5, 0.6) is 0 Å². The van der Waals surface area contributed by atoms with Crippen LogP contribution in [0.25, 0.3) is 0 Å². The Morgan fingerprint density at radius 1 is 1.50 bits per heavy atom. The van der Waals surface area contributed by atoms with Gasteiger partial charge in [-0.15, -0.1) is 0 Å². The predicted octanol–water partition coefficient (Wildman–Crippen LogP) is 3.46. The second-order valence-corrected chi connectivity index (χ2v) is 5.59. The van der Waals surface area contributed by atoms with E-state index in [-0.39, 0.29) is 6.04 Å². The molecule has 0 amide bonds. The fourth-order valence-corrected chi connectivity index (χ4v) is 2.79. The third-order valence-electron chi connectivity index (χ3n) is 3.35. The van der Waals surface area contributed by atoms with Gasteiger partial charge in [-0.1, -0.05) is 22.0 Å². The van der Waals surface area contributed by atoms with Gasteiger partial charge in [0.25, 0.3) is 0 Å². The molecule has 16 heavy (non-hydrogen) atoms. The molecule has 0 bridgehead atoms. The highest BCUT2D eigenvalue weighted by Crippen LogP contribution is 2.33. The number of halogens is 1. The van der Waals surface area contributed by atoms with Gasteiger partial charge in [-0.25, -0.2) is 0 Å². The number of rotatable bonds is 2. The molecule has 88 valence electrons. The van der Waals surface area contributed by atoms with Crippen LogP contribution in [-0.2, 0) is 0 Å². The molecule has 1 saturated heterocycles. The molecule has 1 aliphatic rings. The molecular weight excluding hydrogens is 264 g/mol. The first-order valence-corrected chi connectivity index (χ1v) is 6.70. The van der Waals surface area contributed by atoms with Crippen LogP contribution in [0, 0.1) is 0 Å². The standard InChI is InChI=1S/C13H19BrN2/c1-9-4-3-7-16(9)13-8-11(14)5-6-12(13)10(2)15/h5-6,8-10H,3-4,7,15H2,1-2H3. The van der Waals surface area contributed by atoms with Crippen molar-refractivity contribution >= 4 is 21.6 Å². The molecule has 1 heterocycles. The second-order valence-electron chi connectivity index (χ2n) is 4.68. The smallest absolute Gasteiger partial charge is 0.0428 e. The van der Waals surface area contributed by atoms with Crippen LogP contribution in [0.1, 0.15) is 38.3 Å². The van der Waals surface area contributed by atoms with Crippen LogP contribution < -0.4 is 10.6 Å². The van der Waals surface area contributed by atoms with Gasteiger partial charge in [0.15, 0.2) is 0 Å². The number of nitrogens with two attached hydrogens (primary N) is 1. The van der Waals surface area contributed by atoms with Crippen LogP contribution in [0.4, 0.5) is 5.69 Å². The molecule has 2 N–H and O–H groups in total. The third-order valence-corrected chi connectivity index (χ3v) is 3.84. The van der Waals surface area contributed by atoms with Crippen LogP contribution in [-0.4, -0.2) is 12.6 Å². The highest BCUT2D eigenvalue weighted by atomic mass is 79.9. The first-order valence-electron chi connectivity index (χ1n) is 5.91. The van der Waals surface area contributed by atoms with Gasteiger partial charge >= 0.3 is 0 Å². The van der Waals surface area contributed by atoms with Gasteiger partial charge in [-0.2, -0.15) is 0 Å². The summed E-state index contributed by atoms with van der Waals surface area (Å²) in [7, 11) is 0. The van der Waals surface area contributed by atoms with Crippen molar-refractivity contribution in [1.82, 2.24) is 0 Å². The Kier molecular flexibility index (Phi) is 3.55. The fourth-order valence-electron chi connectivity index (χ4n) is 2.44. The van der Waals surface area contributed by atoms with Gasteiger partial charge in [0.05, 0.1) is 0 Å². The van der Waals surface area contributed by atoms with Gasteiger partial charge in [0.2, 0.25) is 0 Å². The monoisotopic (exact) mass is 282 g/mol. The first kappa shape index (κ1) is 11.9. The lowest BCUT2D eigenvalue weighted by Gasteiger charge is -2.27. The number of hydrogen-bond donors (Lipinski definition) is 1. The lowest BCUT2D eigenvalue weighted by atomic mass is 10.1. The Bertz CT molecular complexity index is 376. The second kappa shape index (κ2) is 4.76. The molecule has 1 aliphatic heterocycles. The van der Waals surface area contributed by atoms with Crippen molar-refractivity contribution in [1.29, 1.82) is 0 Å². The molecule has 1 aromatic rings. The highest BCUT2D eigenvalue weighted by Gasteiger charge is 2.23. The van der Waals surface area contributed by atoms with E-state index in [4.69, 9.17) is 5.73 Å². The number of hydrogen-bond acceptors (Lipinski definition) is 2. The fraction of sp³-hybridized carbons (Fsp3) is 0.538. The maximum atomic E-state index is 6.04. The van der Waals surface area contributed by atoms with Crippen molar-refractivity contribution in [2.45, 2.75) is 38.8 Å². The zero-order valence-corrected chi connectivity index (χ0v) is 11.5. The minimum Gasteiger partial charge on any atom is -0.369 e. The predicted molar refractivity (Wildman–Crippen MR) is 72.8 cm³/mol. The molecule has 2 rings (SSSR count). The Labute approximate surface area is 106 Å². The topological polar surface area (TPSA) is 29.3 Å². The Hall–Kier alpha value is -0.540. The van der Waals surface area contributed by atoms with E-state index in [0.717, 1.165) is 11.0 Å². The Morgan fingerprint density at radius 2 is 2.25 bits per heavy atom. The van der Waals surface area contributed by atoms with E-state index in [1.807, 2.05) is 6.92 Å². The average molecular weight is 283 g/mol. The van der Waals surface area contributed by atoms with Crippen molar-refractivity contribution in [2.75, 3.05) is 11.4 Å². The van der Waals surface area contributed by atoms with E-state index in [1.54, 1.807) is 0 Å². The zero-order chi connectivity index (χ0) is 11.7. The normalized spacial score (nSPS) is 22.5. The van der Waals surface area contributed by atoms with Crippen LogP contribution in [0.3, 0.4) is 0 Å². The van der Waals surface area contributed by atoms with Crippen molar-refractivity contribution < 1.29 is 0 Å². The molecule has 0 radical (unpaired) electrons. The molecule has 0 spiro atoms. The first-order chi connectivity index (χ1) is 7.59. The summed E-state index contributed by atoms with van der Waals surface area (Å²) in [6.07, 6.45) is 2.57. The summed E-state index contributed by atoms with van der Waals surface area (Å²) < 4.78 is 1.13. The molecule has 0 aliphatic carbocycles.